The molecule has 0 radical (unpaired) electrons. The molecule has 2 aromatic carbocycles. The van der Waals surface area contributed by atoms with Gasteiger partial charge in [0.15, 0.2) is 17.2 Å². The number of halogens is 1. The number of benzene rings is 2. The molecule has 0 spiro atoms. The fraction of sp³-hybridized carbons (Fsp3) is 0.273. The summed E-state index contributed by atoms with van der Waals surface area (Å²) in [4.78, 5) is 28.9. The Labute approximate surface area is 167 Å². The molecule has 0 aliphatic carbocycles. The molecule has 2 heterocycles. The van der Waals surface area contributed by atoms with Gasteiger partial charge in [-0.2, -0.15) is 0 Å². The van der Waals surface area contributed by atoms with Gasteiger partial charge in [-0.15, -0.1) is 0 Å². The number of aryl methyl sites for hydroxylation is 1. The first-order chi connectivity index (χ1) is 14.0. The Morgan fingerprint density at radius 3 is 2.17 bits per heavy atom. The lowest BCUT2D eigenvalue weighted by Crippen LogP contribution is -2.50. The SMILES string of the molecule is COc1ccc(C(=O)N2CCN(C(=O)c3oc4c(F)cccc4c3C)CC2)cc1. The van der Waals surface area contributed by atoms with E-state index in [0.29, 0.717) is 48.4 Å². The molecule has 150 valence electrons. The highest BCUT2D eigenvalue weighted by Crippen LogP contribution is 2.28. The van der Waals surface area contributed by atoms with E-state index in [2.05, 4.69) is 0 Å². The number of carbonyl (C=O) groups is 2. The molecule has 3 aromatic rings. The third kappa shape index (κ3) is 3.44. The molecule has 1 fully saturated rings. The number of hydrogen-bond acceptors (Lipinski definition) is 4. The zero-order chi connectivity index (χ0) is 20.5. The first-order valence-corrected chi connectivity index (χ1v) is 9.40. The van der Waals surface area contributed by atoms with Crippen LogP contribution in [0.25, 0.3) is 11.0 Å². The molecular weight excluding hydrogens is 375 g/mol. The van der Waals surface area contributed by atoms with Crippen molar-refractivity contribution in [3.63, 3.8) is 0 Å². The van der Waals surface area contributed by atoms with Crippen LogP contribution >= 0.6 is 0 Å². The van der Waals surface area contributed by atoms with Gasteiger partial charge < -0.3 is 19.0 Å². The van der Waals surface area contributed by atoms with Gasteiger partial charge in [-0.1, -0.05) is 12.1 Å². The van der Waals surface area contributed by atoms with E-state index in [1.54, 1.807) is 60.2 Å². The highest BCUT2D eigenvalue weighted by molar-refractivity contribution is 5.99. The number of amides is 2. The molecule has 1 aliphatic heterocycles. The van der Waals surface area contributed by atoms with E-state index >= 15 is 0 Å². The first-order valence-electron chi connectivity index (χ1n) is 9.40. The summed E-state index contributed by atoms with van der Waals surface area (Å²) in [6.07, 6.45) is 0. The lowest BCUT2D eigenvalue weighted by molar-refractivity contribution is 0.0518. The molecule has 0 unspecified atom stereocenters. The van der Waals surface area contributed by atoms with Crippen molar-refractivity contribution in [2.24, 2.45) is 0 Å². The average Bonchev–Trinajstić information content (AvgIpc) is 3.11. The number of methoxy groups -OCH3 is 1. The number of ether oxygens (including phenoxy) is 1. The maximum absolute atomic E-state index is 14.0. The zero-order valence-electron chi connectivity index (χ0n) is 16.3. The van der Waals surface area contributed by atoms with Gasteiger partial charge in [-0.05, 0) is 37.3 Å². The van der Waals surface area contributed by atoms with Crippen molar-refractivity contribution in [2.75, 3.05) is 33.3 Å². The maximum atomic E-state index is 14.0. The molecule has 1 aromatic heterocycles. The number of furan rings is 1. The normalized spacial score (nSPS) is 14.3. The smallest absolute Gasteiger partial charge is 0.290 e. The molecule has 7 heteroatoms. The molecule has 29 heavy (non-hydrogen) atoms. The van der Waals surface area contributed by atoms with Gasteiger partial charge in [0.05, 0.1) is 7.11 Å². The summed E-state index contributed by atoms with van der Waals surface area (Å²) in [5.41, 5.74) is 1.30. The third-order valence-corrected chi connectivity index (χ3v) is 5.30. The average molecular weight is 396 g/mol. The molecule has 0 bridgehead atoms. The Morgan fingerprint density at radius 1 is 0.966 bits per heavy atom. The molecule has 0 N–H and O–H groups in total. The van der Waals surface area contributed by atoms with Crippen LogP contribution in [-0.2, 0) is 0 Å². The Hall–Kier alpha value is -3.35. The Bertz CT molecular complexity index is 1070. The third-order valence-electron chi connectivity index (χ3n) is 5.30. The van der Waals surface area contributed by atoms with Crippen molar-refractivity contribution in [3.05, 3.63) is 65.2 Å². The van der Waals surface area contributed by atoms with Crippen molar-refractivity contribution in [1.29, 1.82) is 0 Å². The van der Waals surface area contributed by atoms with Crippen LogP contribution in [0.1, 0.15) is 26.5 Å². The van der Waals surface area contributed by atoms with Crippen molar-refractivity contribution < 1.29 is 23.1 Å². The number of nitrogens with zero attached hydrogens (tertiary/aromatic N) is 2. The van der Waals surface area contributed by atoms with Crippen molar-refractivity contribution in [3.8, 4) is 5.75 Å². The van der Waals surface area contributed by atoms with Crippen molar-refractivity contribution in [1.82, 2.24) is 9.80 Å². The van der Waals surface area contributed by atoms with E-state index < -0.39 is 5.82 Å². The molecular formula is C22H21FN2O4. The van der Waals surface area contributed by atoms with Gasteiger partial charge in [-0.3, -0.25) is 9.59 Å². The van der Waals surface area contributed by atoms with Gasteiger partial charge in [-0.25, -0.2) is 4.39 Å². The summed E-state index contributed by atoms with van der Waals surface area (Å²) < 4.78 is 24.6. The van der Waals surface area contributed by atoms with Crippen molar-refractivity contribution >= 4 is 22.8 Å². The minimum atomic E-state index is -0.487. The predicted molar refractivity (Wildman–Crippen MR) is 106 cm³/mol. The van der Waals surface area contributed by atoms with Crippen LogP contribution < -0.4 is 4.74 Å². The summed E-state index contributed by atoms with van der Waals surface area (Å²) in [5, 5.41) is 0.599. The molecule has 6 nitrogen and oxygen atoms in total. The number of carbonyl (C=O) groups excluding carboxylic acids is 2. The maximum Gasteiger partial charge on any atom is 0.290 e. The Morgan fingerprint density at radius 2 is 1.59 bits per heavy atom. The van der Waals surface area contributed by atoms with Gasteiger partial charge in [0.2, 0.25) is 0 Å². The number of rotatable bonds is 3. The van der Waals surface area contributed by atoms with E-state index in [1.807, 2.05) is 0 Å². The molecule has 2 amide bonds. The summed E-state index contributed by atoms with van der Waals surface area (Å²) in [6, 6.07) is 11.6. The molecule has 1 saturated heterocycles. The number of fused-ring (bicyclic) bond motifs is 1. The highest BCUT2D eigenvalue weighted by atomic mass is 19.1. The quantitative estimate of drug-likeness (QED) is 0.680. The van der Waals surface area contributed by atoms with E-state index in [9.17, 15) is 14.0 Å². The van der Waals surface area contributed by atoms with E-state index in [1.165, 1.54) is 6.07 Å². The Balaban J connectivity index is 1.45. The second-order valence-corrected chi connectivity index (χ2v) is 6.99. The summed E-state index contributed by atoms with van der Waals surface area (Å²) in [5.74, 6) is -0.00872. The topological polar surface area (TPSA) is 63.0 Å². The fourth-order valence-electron chi connectivity index (χ4n) is 3.59. The molecule has 1 aliphatic rings. The predicted octanol–water partition coefficient (Wildman–Crippen LogP) is 3.49. The molecule has 0 saturated carbocycles. The highest BCUT2D eigenvalue weighted by Gasteiger charge is 2.29. The van der Waals surface area contributed by atoms with Gasteiger partial charge >= 0.3 is 0 Å². The van der Waals surface area contributed by atoms with Gasteiger partial charge in [0, 0.05) is 42.7 Å². The Kier molecular flexibility index (Phi) is 4.96. The van der Waals surface area contributed by atoms with E-state index in [0.717, 1.165) is 0 Å². The number of para-hydroxylation sites is 1. The van der Waals surface area contributed by atoms with Crippen LogP contribution in [-0.4, -0.2) is 54.9 Å². The number of hydrogen-bond donors (Lipinski definition) is 0. The van der Waals surface area contributed by atoms with Crippen LogP contribution in [0.4, 0.5) is 4.39 Å². The second-order valence-electron chi connectivity index (χ2n) is 6.99. The minimum Gasteiger partial charge on any atom is -0.497 e. The number of piperazine rings is 1. The van der Waals surface area contributed by atoms with Gasteiger partial charge in [0.25, 0.3) is 11.8 Å². The van der Waals surface area contributed by atoms with E-state index in [4.69, 9.17) is 9.15 Å². The van der Waals surface area contributed by atoms with Crippen LogP contribution in [0.3, 0.4) is 0 Å². The van der Waals surface area contributed by atoms with E-state index in [-0.39, 0.29) is 23.2 Å². The summed E-state index contributed by atoms with van der Waals surface area (Å²) >= 11 is 0. The second kappa shape index (κ2) is 7.58. The largest absolute Gasteiger partial charge is 0.497 e. The minimum absolute atomic E-state index is 0.0817. The van der Waals surface area contributed by atoms with Crippen LogP contribution in [0.15, 0.2) is 46.9 Å². The first kappa shape index (κ1) is 19.0. The molecule has 4 rings (SSSR count). The summed E-state index contributed by atoms with van der Waals surface area (Å²) in [6.45, 7) is 3.37. The fourth-order valence-corrected chi connectivity index (χ4v) is 3.59. The standard InChI is InChI=1S/C22H21FN2O4/c1-14-17-4-3-5-18(23)20(17)29-19(14)22(27)25-12-10-24(11-13-25)21(26)15-6-8-16(28-2)9-7-15/h3-9H,10-13H2,1-2H3. The van der Waals surface area contributed by atoms with Crippen LogP contribution in [0, 0.1) is 12.7 Å². The van der Waals surface area contributed by atoms with Crippen molar-refractivity contribution in [2.45, 2.75) is 6.92 Å². The monoisotopic (exact) mass is 396 g/mol. The molecule has 0 atom stereocenters. The summed E-state index contributed by atoms with van der Waals surface area (Å²) in [7, 11) is 1.57. The lowest BCUT2D eigenvalue weighted by atomic mass is 10.1. The van der Waals surface area contributed by atoms with Crippen LogP contribution in [0.5, 0.6) is 5.75 Å². The van der Waals surface area contributed by atoms with Crippen LogP contribution in [0.2, 0.25) is 0 Å². The zero-order valence-corrected chi connectivity index (χ0v) is 16.3. The lowest BCUT2D eigenvalue weighted by Gasteiger charge is -2.34. The van der Waals surface area contributed by atoms with Gasteiger partial charge in [0.1, 0.15) is 5.75 Å².